The quantitative estimate of drug-likeness (QED) is 0.843. The van der Waals surface area contributed by atoms with Gasteiger partial charge in [-0.2, -0.15) is 0 Å². The predicted molar refractivity (Wildman–Crippen MR) is 80.5 cm³/mol. The minimum Gasteiger partial charge on any atom is -0.311 e. The van der Waals surface area contributed by atoms with Crippen LogP contribution in [-0.4, -0.2) is 60.1 Å². The summed E-state index contributed by atoms with van der Waals surface area (Å²) in [6.07, 6.45) is 8.32. The number of piperazine rings is 1. The van der Waals surface area contributed by atoms with Gasteiger partial charge in [-0.05, 0) is 38.6 Å². The van der Waals surface area contributed by atoms with Gasteiger partial charge in [-0.25, -0.2) is 0 Å². The predicted octanol–water partition coefficient (Wildman–Crippen LogP) is 2.08. The van der Waals surface area contributed by atoms with Gasteiger partial charge in [0.2, 0.25) is 0 Å². The molecule has 0 radical (unpaired) electrons. The molecule has 3 heteroatoms. The molecule has 3 rings (SSSR count). The third kappa shape index (κ3) is 2.70. The molecule has 3 aliphatic heterocycles. The second-order valence-corrected chi connectivity index (χ2v) is 6.73. The Kier molecular flexibility index (Phi) is 4.45. The Morgan fingerprint density at radius 2 is 1.89 bits per heavy atom. The molecule has 0 aromatic heterocycles. The van der Waals surface area contributed by atoms with Crippen molar-refractivity contribution in [2.24, 2.45) is 0 Å². The summed E-state index contributed by atoms with van der Waals surface area (Å²) in [6, 6.07) is 3.22. The molecule has 0 bridgehead atoms. The fourth-order valence-electron chi connectivity index (χ4n) is 4.55. The van der Waals surface area contributed by atoms with E-state index in [2.05, 4.69) is 29.0 Å². The SMILES string of the molecule is CCC1CN(C2CCN3CCCCC23)C(CC)CN1. The van der Waals surface area contributed by atoms with Gasteiger partial charge in [-0.1, -0.05) is 20.3 Å². The van der Waals surface area contributed by atoms with Gasteiger partial charge in [-0.3, -0.25) is 9.80 Å². The van der Waals surface area contributed by atoms with Crippen LogP contribution in [0.1, 0.15) is 52.4 Å². The molecule has 4 atom stereocenters. The van der Waals surface area contributed by atoms with E-state index in [1.165, 1.54) is 64.7 Å². The van der Waals surface area contributed by atoms with Crippen LogP contribution in [-0.2, 0) is 0 Å². The molecular formula is C16H31N3. The molecule has 0 amide bonds. The first-order valence-corrected chi connectivity index (χ1v) is 8.56. The summed E-state index contributed by atoms with van der Waals surface area (Å²) in [5, 5.41) is 3.74. The molecular weight excluding hydrogens is 234 g/mol. The molecule has 3 heterocycles. The van der Waals surface area contributed by atoms with Crippen molar-refractivity contribution in [3.8, 4) is 0 Å². The molecule has 3 fully saturated rings. The highest BCUT2D eigenvalue weighted by Gasteiger charge is 2.42. The smallest absolute Gasteiger partial charge is 0.0267 e. The molecule has 3 aliphatic rings. The van der Waals surface area contributed by atoms with Crippen molar-refractivity contribution in [1.29, 1.82) is 0 Å². The lowest BCUT2D eigenvalue weighted by molar-refractivity contribution is 0.0466. The zero-order valence-corrected chi connectivity index (χ0v) is 12.8. The molecule has 0 saturated carbocycles. The Bertz CT molecular complexity index is 294. The van der Waals surface area contributed by atoms with E-state index in [1.54, 1.807) is 0 Å². The topological polar surface area (TPSA) is 18.5 Å². The lowest BCUT2D eigenvalue weighted by atomic mass is 9.94. The van der Waals surface area contributed by atoms with Gasteiger partial charge in [-0.15, -0.1) is 0 Å². The Morgan fingerprint density at radius 3 is 2.68 bits per heavy atom. The van der Waals surface area contributed by atoms with E-state index in [0.717, 1.165) is 24.2 Å². The van der Waals surface area contributed by atoms with Crippen LogP contribution in [0.25, 0.3) is 0 Å². The Labute approximate surface area is 118 Å². The average Bonchev–Trinajstić information content (AvgIpc) is 2.90. The minimum absolute atomic E-state index is 0.723. The summed E-state index contributed by atoms with van der Waals surface area (Å²) < 4.78 is 0. The van der Waals surface area contributed by atoms with Crippen LogP contribution in [0.4, 0.5) is 0 Å². The molecule has 0 aliphatic carbocycles. The van der Waals surface area contributed by atoms with Crippen molar-refractivity contribution in [3.05, 3.63) is 0 Å². The van der Waals surface area contributed by atoms with Gasteiger partial charge < -0.3 is 5.32 Å². The minimum atomic E-state index is 0.723. The second-order valence-electron chi connectivity index (χ2n) is 6.73. The highest BCUT2D eigenvalue weighted by Crippen LogP contribution is 2.32. The number of hydrogen-bond donors (Lipinski definition) is 1. The van der Waals surface area contributed by atoms with Crippen molar-refractivity contribution < 1.29 is 0 Å². The molecule has 1 N–H and O–H groups in total. The molecule has 0 aromatic carbocycles. The first-order chi connectivity index (χ1) is 9.33. The van der Waals surface area contributed by atoms with E-state index in [1.807, 2.05) is 0 Å². The lowest BCUT2D eigenvalue weighted by Gasteiger charge is -2.46. The molecule has 3 saturated heterocycles. The van der Waals surface area contributed by atoms with Crippen molar-refractivity contribution in [2.75, 3.05) is 26.2 Å². The van der Waals surface area contributed by atoms with Crippen molar-refractivity contribution in [3.63, 3.8) is 0 Å². The maximum absolute atomic E-state index is 3.74. The fraction of sp³-hybridized carbons (Fsp3) is 1.00. The molecule has 0 aromatic rings. The van der Waals surface area contributed by atoms with E-state index < -0.39 is 0 Å². The summed E-state index contributed by atoms with van der Waals surface area (Å²) in [6.45, 7) is 9.89. The van der Waals surface area contributed by atoms with Crippen LogP contribution in [0.15, 0.2) is 0 Å². The van der Waals surface area contributed by atoms with E-state index in [9.17, 15) is 0 Å². The molecule has 110 valence electrons. The molecule has 3 nitrogen and oxygen atoms in total. The number of nitrogens with one attached hydrogen (secondary N) is 1. The largest absolute Gasteiger partial charge is 0.311 e. The van der Waals surface area contributed by atoms with E-state index in [4.69, 9.17) is 0 Å². The number of piperidine rings is 1. The maximum Gasteiger partial charge on any atom is 0.0267 e. The van der Waals surface area contributed by atoms with Gasteiger partial charge in [0.25, 0.3) is 0 Å². The molecule has 19 heavy (non-hydrogen) atoms. The van der Waals surface area contributed by atoms with Crippen molar-refractivity contribution >= 4 is 0 Å². The van der Waals surface area contributed by atoms with Gasteiger partial charge in [0.05, 0.1) is 0 Å². The first-order valence-electron chi connectivity index (χ1n) is 8.56. The number of nitrogens with zero attached hydrogens (tertiary/aromatic N) is 2. The summed E-state index contributed by atoms with van der Waals surface area (Å²) in [4.78, 5) is 5.67. The maximum atomic E-state index is 3.74. The number of rotatable bonds is 3. The van der Waals surface area contributed by atoms with Gasteiger partial charge >= 0.3 is 0 Å². The number of fused-ring (bicyclic) bond motifs is 1. The van der Waals surface area contributed by atoms with Gasteiger partial charge in [0, 0.05) is 43.8 Å². The Hall–Kier alpha value is -0.120. The highest BCUT2D eigenvalue weighted by molar-refractivity contribution is 4.99. The third-order valence-electron chi connectivity index (χ3n) is 5.75. The van der Waals surface area contributed by atoms with Gasteiger partial charge in [0.15, 0.2) is 0 Å². The van der Waals surface area contributed by atoms with Crippen molar-refractivity contribution in [1.82, 2.24) is 15.1 Å². The Morgan fingerprint density at radius 1 is 1.00 bits per heavy atom. The normalized spacial score (nSPS) is 41.4. The average molecular weight is 265 g/mol. The third-order valence-corrected chi connectivity index (χ3v) is 5.75. The molecule has 0 spiro atoms. The van der Waals surface area contributed by atoms with E-state index in [0.29, 0.717) is 0 Å². The Balaban J connectivity index is 1.71. The van der Waals surface area contributed by atoms with Crippen LogP contribution < -0.4 is 5.32 Å². The summed E-state index contributed by atoms with van der Waals surface area (Å²) >= 11 is 0. The standard InChI is InChI=1S/C16H31N3/c1-3-13-12-19(14(4-2)11-17-13)16-8-10-18-9-6-5-7-15(16)18/h13-17H,3-12H2,1-2H3. The fourth-order valence-corrected chi connectivity index (χ4v) is 4.55. The summed E-state index contributed by atoms with van der Waals surface area (Å²) in [5.41, 5.74) is 0. The monoisotopic (exact) mass is 265 g/mol. The zero-order chi connectivity index (χ0) is 13.2. The second kappa shape index (κ2) is 6.11. The number of hydrogen-bond acceptors (Lipinski definition) is 3. The van der Waals surface area contributed by atoms with E-state index >= 15 is 0 Å². The van der Waals surface area contributed by atoms with Gasteiger partial charge in [0.1, 0.15) is 0 Å². The van der Waals surface area contributed by atoms with E-state index in [-0.39, 0.29) is 0 Å². The lowest BCUT2D eigenvalue weighted by Crippen LogP contribution is -2.61. The van der Waals surface area contributed by atoms with Crippen LogP contribution in [0.5, 0.6) is 0 Å². The summed E-state index contributed by atoms with van der Waals surface area (Å²) in [5.74, 6) is 0. The molecule has 4 unspecified atom stereocenters. The zero-order valence-electron chi connectivity index (χ0n) is 12.8. The van der Waals surface area contributed by atoms with Crippen LogP contribution >= 0.6 is 0 Å². The first kappa shape index (κ1) is 13.8. The van der Waals surface area contributed by atoms with Crippen LogP contribution in [0, 0.1) is 0 Å². The van der Waals surface area contributed by atoms with Crippen molar-refractivity contribution in [2.45, 2.75) is 76.5 Å². The van der Waals surface area contributed by atoms with Crippen LogP contribution in [0.2, 0.25) is 0 Å². The summed E-state index contributed by atoms with van der Waals surface area (Å²) in [7, 11) is 0. The highest BCUT2D eigenvalue weighted by atomic mass is 15.3. The van der Waals surface area contributed by atoms with Crippen LogP contribution in [0.3, 0.4) is 0 Å².